The maximum Gasteiger partial charge on any atom is 0.205 e. The smallest absolute Gasteiger partial charge is 0.205 e. The summed E-state index contributed by atoms with van der Waals surface area (Å²) in [5, 5.41) is 3.41. The lowest BCUT2D eigenvalue weighted by Crippen LogP contribution is -2.06. The van der Waals surface area contributed by atoms with Crippen LogP contribution in [0.5, 0.6) is 11.5 Å². The van der Waals surface area contributed by atoms with Crippen molar-refractivity contribution in [3.63, 3.8) is 0 Å². The van der Waals surface area contributed by atoms with Gasteiger partial charge in [-0.1, -0.05) is 37.5 Å². The lowest BCUT2D eigenvalue weighted by Gasteiger charge is -2.21. The molecule has 6 heteroatoms. The molecule has 0 spiro atoms. The maximum absolute atomic E-state index is 5.94. The summed E-state index contributed by atoms with van der Waals surface area (Å²) >= 11 is 0. The normalized spacial score (nSPS) is 14.8. The van der Waals surface area contributed by atoms with Crippen molar-refractivity contribution in [1.29, 1.82) is 0 Å². The minimum Gasteiger partial charge on any atom is -0.457 e. The summed E-state index contributed by atoms with van der Waals surface area (Å²) in [4.78, 5) is 16.4. The van der Waals surface area contributed by atoms with Crippen LogP contribution in [0.1, 0.15) is 43.7 Å². The summed E-state index contributed by atoms with van der Waals surface area (Å²) in [6.45, 7) is 0. The molecule has 3 N–H and O–H groups in total. The summed E-state index contributed by atoms with van der Waals surface area (Å²) in [6.07, 6.45) is 8.39. The SMILES string of the molecule is c1ccc(Oc2ccc3[nH]c(Nc4c[nH]c5ccc(C6CCCCC6)nc45)nc3c2)cc1. The first-order valence-corrected chi connectivity index (χ1v) is 11.3. The van der Waals surface area contributed by atoms with E-state index in [4.69, 9.17) is 14.7 Å². The summed E-state index contributed by atoms with van der Waals surface area (Å²) in [6, 6.07) is 20.0. The molecule has 0 amide bonds. The van der Waals surface area contributed by atoms with E-state index in [0.717, 1.165) is 39.3 Å². The number of nitrogens with zero attached hydrogens (tertiary/aromatic N) is 2. The van der Waals surface area contributed by atoms with E-state index in [1.165, 1.54) is 37.8 Å². The van der Waals surface area contributed by atoms with E-state index in [2.05, 4.69) is 27.4 Å². The molecule has 3 heterocycles. The van der Waals surface area contributed by atoms with Gasteiger partial charge in [-0.05, 0) is 49.2 Å². The molecule has 1 saturated carbocycles. The van der Waals surface area contributed by atoms with Crippen molar-refractivity contribution in [2.45, 2.75) is 38.0 Å². The Kier molecular flexibility index (Phi) is 4.75. The number of hydrogen-bond acceptors (Lipinski definition) is 4. The number of nitrogens with one attached hydrogen (secondary N) is 3. The van der Waals surface area contributed by atoms with E-state index in [0.29, 0.717) is 11.9 Å². The zero-order chi connectivity index (χ0) is 21.3. The third-order valence-corrected chi connectivity index (χ3v) is 6.25. The van der Waals surface area contributed by atoms with Crippen molar-refractivity contribution in [2.75, 3.05) is 5.32 Å². The van der Waals surface area contributed by atoms with Crippen molar-refractivity contribution in [1.82, 2.24) is 19.9 Å². The van der Waals surface area contributed by atoms with Crippen molar-refractivity contribution >= 4 is 33.7 Å². The molecule has 32 heavy (non-hydrogen) atoms. The number of para-hydroxylation sites is 1. The van der Waals surface area contributed by atoms with Crippen LogP contribution in [-0.2, 0) is 0 Å². The van der Waals surface area contributed by atoms with E-state index in [-0.39, 0.29) is 0 Å². The zero-order valence-electron chi connectivity index (χ0n) is 17.8. The van der Waals surface area contributed by atoms with Crippen LogP contribution >= 0.6 is 0 Å². The topological polar surface area (TPSA) is 78.6 Å². The fourth-order valence-electron chi connectivity index (χ4n) is 4.60. The van der Waals surface area contributed by atoms with Crippen LogP contribution in [-0.4, -0.2) is 19.9 Å². The number of imidazole rings is 1. The molecular formula is C26H25N5O. The minimum atomic E-state index is 0.574. The van der Waals surface area contributed by atoms with Crippen LogP contribution in [0.2, 0.25) is 0 Å². The predicted molar refractivity (Wildman–Crippen MR) is 128 cm³/mol. The molecule has 0 unspecified atom stereocenters. The van der Waals surface area contributed by atoms with Crippen LogP contribution in [0.4, 0.5) is 11.6 Å². The molecule has 0 aliphatic heterocycles. The zero-order valence-corrected chi connectivity index (χ0v) is 17.8. The Bertz CT molecular complexity index is 1370. The Hall–Kier alpha value is -3.80. The second kappa shape index (κ2) is 8.04. The molecule has 2 aromatic carbocycles. The molecule has 6 nitrogen and oxygen atoms in total. The first-order valence-electron chi connectivity index (χ1n) is 11.3. The molecule has 5 aromatic rings. The van der Waals surface area contributed by atoms with Crippen molar-refractivity contribution < 1.29 is 4.74 Å². The largest absolute Gasteiger partial charge is 0.457 e. The number of benzene rings is 2. The minimum absolute atomic E-state index is 0.574. The highest BCUT2D eigenvalue weighted by Gasteiger charge is 2.18. The lowest BCUT2D eigenvalue weighted by atomic mass is 9.86. The number of anilines is 2. The molecule has 160 valence electrons. The summed E-state index contributed by atoms with van der Waals surface area (Å²) in [5.41, 5.74) is 5.91. The van der Waals surface area contributed by atoms with Gasteiger partial charge in [0.25, 0.3) is 0 Å². The first-order chi connectivity index (χ1) is 15.8. The quantitative estimate of drug-likeness (QED) is 0.284. The average molecular weight is 424 g/mol. The van der Waals surface area contributed by atoms with E-state index in [1.807, 2.05) is 54.7 Å². The average Bonchev–Trinajstić information content (AvgIpc) is 3.43. The van der Waals surface area contributed by atoms with Crippen LogP contribution in [0.15, 0.2) is 66.9 Å². The summed E-state index contributed by atoms with van der Waals surface area (Å²) in [7, 11) is 0. The van der Waals surface area contributed by atoms with E-state index in [1.54, 1.807) is 0 Å². The van der Waals surface area contributed by atoms with Gasteiger partial charge in [0.2, 0.25) is 5.95 Å². The molecule has 0 saturated heterocycles. The Balaban J connectivity index is 1.27. The third kappa shape index (κ3) is 3.68. The second-order valence-electron chi connectivity index (χ2n) is 8.47. The van der Waals surface area contributed by atoms with Gasteiger partial charge in [-0.2, -0.15) is 0 Å². The Labute approximate surface area is 186 Å². The van der Waals surface area contributed by atoms with Gasteiger partial charge in [-0.25, -0.2) is 9.97 Å². The lowest BCUT2D eigenvalue weighted by molar-refractivity contribution is 0.437. The van der Waals surface area contributed by atoms with Gasteiger partial charge < -0.3 is 20.0 Å². The van der Waals surface area contributed by atoms with Crippen LogP contribution in [0, 0.1) is 0 Å². The van der Waals surface area contributed by atoms with Crippen molar-refractivity contribution in [3.8, 4) is 11.5 Å². The molecular weight excluding hydrogens is 398 g/mol. The van der Waals surface area contributed by atoms with Gasteiger partial charge in [0.05, 0.1) is 22.2 Å². The molecule has 1 aliphatic carbocycles. The van der Waals surface area contributed by atoms with Crippen LogP contribution in [0.3, 0.4) is 0 Å². The number of hydrogen-bond donors (Lipinski definition) is 3. The van der Waals surface area contributed by atoms with Crippen LogP contribution in [0.25, 0.3) is 22.1 Å². The molecule has 0 atom stereocenters. The van der Waals surface area contributed by atoms with Crippen LogP contribution < -0.4 is 10.1 Å². The third-order valence-electron chi connectivity index (χ3n) is 6.25. The monoisotopic (exact) mass is 423 g/mol. The number of ether oxygens (including phenoxy) is 1. The number of H-pyrrole nitrogens is 2. The number of aromatic nitrogens is 4. The number of aromatic amines is 2. The fraction of sp³-hybridized carbons (Fsp3) is 0.231. The van der Waals surface area contributed by atoms with Gasteiger partial charge in [-0.3, -0.25) is 0 Å². The maximum atomic E-state index is 5.94. The van der Waals surface area contributed by atoms with E-state index >= 15 is 0 Å². The highest BCUT2D eigenvalue weighted by atomic mass is 16.5. The Morgan fingerprint density at radius 1 is 0.844 bits per heavy atom. The molecule has 1 fully saturated rings. The molecule has 6 rings (SSSR count). The first kappa shape index (κ1) is 18.9. The van der Waals surface area contributed by atoms with Crippen molar-refractivity contribution in [3.05, 3.63) is 72.6 Å². The van der Waals surface area contributed by atoms with E-state index in [9.17, 15) is 0 Å². The molecule has 0 radical (unpaired) electrons. The highest BCUT2D eigenvalue weighted by Crippen LogP contribution is 2.34. The standard InChI is InChI=1S/C26H25N5O/c1-3-7-17(8-4-1)20-13-14-22-25(28-20)24(16-27-22)31-26-29-21-12-11-19(15-23(21)30-26)32-18-9-5-2-6-10-18/h2,5-6,9-17,27H,1,3-4,7-8H2,(H2,29,30,31). The number of fused-ring (bicyclic) bond motifs is 2. The van der Waals surface area contributed by atoms with Gasteiger partial charge >= 0.3 is 0 Å². The number of rotatable bonds is 5. The van der Waals surface area contributed by atoms with Crippen molar-refractivity contribution in [2.24, 2.45) is 0 Å². The summed E-state index contributed by atoms with van der Waals surface area (Å²) < 4.78 is 5.94. The number of pyridine rings is 1. The second-order valence-corrected chi connectivity index (χ2v) is 8.47. The molecule has 1 aliphatic rings. The highest BCUT2D eigenvalue weighted by molar-refractivity contribution is 5.91. The van der Waals surface area contributed by atoms with Gasteiger partial charge in [0, 0.05) is 23.9 Å². The molecule has 0 bridgehead atoms. The van der Waals surface area contributed by atoms with Gasteiger partial charge in [-0.15, -0.1) is 0 Å². The Morgan fingerprint density at radius 2 is 1.69 bits per heavy atom. The van der Waals surface area contributed by atoms with Gasteiger partial charge in [0.15, 0.2) is 0 Å². The predicted octanol–water partition coefficient (Wildman–Crippen LogP) is 7.02. The molecule has 3 aromatic heterocycles. The van der Waals surface area contributed by atoms with Gasteiger partial charge in [0.1, 0.15) is 17.0 Å². The summed E-state index contributed by atoms with van der Waals surface area (Å²) in [5.74, 6) is 2.82. The fourth-order valence-corrected chi connectivity index (χ4v) is 4.60. The van der Waals surface area contributed by atoms with E-state index < -0.39 is 0 Å². The Morgan fingerprint density at radius 3 is 2.56 bits per heavy atom.